The second-order valence-electron chi connectivity index (χ2n) is 9.71. The van der Waals surface area contributed by atoms with Gasteiger partial charge in [-0.05, 0) is 59.0 Å². The topological polar surface area (TPSA) is 110 Å². The SMILES string of the molecule is CC(C)(C)OC(=O)N1CCC(CC#N)(N2NC(=NC3CCC3)C3C(=O)N=CC=C32)CC1. The van der Waals surface area contributed by atoms with Crippen molar-refractivity contribution >= 4 is 24.1 Å². The highest BCUT2D eigenvalue weighted by molar-refractivity contribution is 6.12. The van der Waals surface area contributed by atoms with Crippen LogP contribution in [0, 0.1) is 17.2 Å². The Morgan fingerprint density at radius 2 is 2.10 bits per heavy atom. The number of aliphatic imine (C=N–C) groups is 2. The number of rotatable bonds is 3. The predicted octanol–water partition coefficient (Wildman–Crippen LogP) is 2.55. The number of hydrazine groups is 1. The molecule has 0 aromatic heterocycles. The Kier molecular flexibility index (Phi) is 5.50. The van der Waals surface area contributed by atoms with E-state index < -0.39 is 17.1 Å². The summed E-state index contributed by atoms with van der Waals surface area (Å²) in [6.45, 7) is 6.49. The van der Waals surface area contributed by atoms with Gasteiger partial charge in [0.05, 0.1) is 29.8 Å². The van der Waals surface area contributed by atoms with Crippen LogP contribution in [0.4, 0.5) is 4.79 Å². The Morgan fingerprint density at radius 1 is 1.39 bits per heavy atom. The fraction of sp³-hybridized carbons (Fsp3) is 0.682. The number of ether oxygens (including phenoxy) is 1. The van der Waals surface area contributed by atoms with Crippen LogP contribution in [0.1, 0.15) is 59.3 Å². The Morgan fingerprint density at radius 3 is 2.68 bits per heavy atom. The number of nitrogens with one attached hydrogen (secondary N) is 1. The lowest BCUT2D eigenvalue weighted by Crippen LogP contribution is -2.58. The Bertz CT molecular complexity index is 882. The van der Waals surface area contributed by atoms with Gasteiger partial charge >= 0.3 is 6.09 Å². The molecule has 2 saturated heterocycles. The highest BCUT2D eigenvalue weighted by atomic mass is 16.6. The first kappa shape index (κ1) is 21.3. The molecular weight excluding hydrogens is 396 g/mol. The first-order valence-corrected chi connectivity index (χ1v) is 11.0. The van der Waals surface area contributed by atoms with Crippen molar-refractivity contribution in [3.63, 3.8) is 0 Å². The van der Waals surface area contributed by atoms with E-state index in [4.69, 9.17) is 9.73 Å². The van der Waals surface area contributed by atoms with Gasteiger partial charge in [-0.3, -0.25) is 20.2 Å². The number of dihydropyridines is 1. The smallest absolute Gasteiger partial charge is 0.410 e. The van der Waals surface area contributed by atoms with Crippen LogP contribution in [0.15, 0.2) is 21.8 Å². The molecule has 0 spiro atoms. The molecule has 1 unspecified atom stereocenters. The van der Waals surface area contributed by atoms with Crippen LogP contribution in [0.3, 0.4) is 0 Å². The van der Waals surface area contributed by atoms with Gasteiger partial charge in [0, 0.05) is 19.3 Å². The van der Waals surface area contributed by atoms with E-state index in [1.165, 1.54) is 6.21 Å². The van der Waals surface area contributed by atoms with Crippen molar-refractivity contribution in [2.24, 2.45) is 15.9 Å². The Hall–Kier alpha value is -2.89. The van der Waals surface area contributed by atoms with E-state index in [1.54, 1.807) is 4.90 Å². The lowest BCUT2D eigenvalue weighted by molar-refractivity contribution is -0.119. The molecule has 4 aliphatic rings. The largest absolute Gasteiger partial charge is 0.444 e. The molecule has 1 atom stereocenters. The van der Waals surface area contributed by atoms with Crippen LogP contribution in [-0.4, -0.2) is 64.2 Å². The number of carbonyl (C=O) groups excluding carboxylic acids is 2. The number of amidine groups is 1. The lowest BCUT2D eigenvalue weighted by Gasteiger charge is -2.47. The minimum absolute atomic E-state index is 0.233. The van der Waals surface area contributed by atoms with Gasteiger partial charge in [-0.25, -0.2) is 9.79 Å². The van der Waals surface area contributed by atoms with Crippen LogP contribution in [0.2, 0.25) is 0 Å². The molecule has 0 radical (unpaired) electrons. The van der Waals surface area contributed by atoms with E-state index in [9.17, 15) is 14.9 Å². The normalized spacial score (nSPS) is 26.6. The average molecular weight is 427 g/mol. The Labute approximate surface area is 182 Å². The molecule has 31 heavy (non-hydrogen) atoms. The highest BCUT2D eigenvalue weighted by Crippen LogP contribution is 2.40. The number of hydrogen-bond donors (Lipinski definition) is 1. The summed E-state index contributed by atoms with van der Waals surface area (Å²) in [5.41, 5.74) is 3.06. The van der Waals surface area contributed by atoms with Gasteiger partial charge in [0.15, 0.2) is 0 Å². The first-order valence-electron chi connectivity index (χ1n) is 11.0. The van der Waals surface area contributed by atoms with Crippen molar-refractivity contribution < 1.29 is 14.3 Å². The fourth-order valence-corrected chi connectivity index (χ4v) is 4.46. The van der Waals surface area contributed by atoms with Crippen molar-refractivity contribution in [1.29, 1.82) is 5.26 Å². The van der Waals surface area contributed by atoms with Crippen molar-refractivity contribution in [3.8, 4) is 6.07 Å². The summed E-state index contributed by atoms with van der Waals surface area (Å²) in [4.78, 5) is 35.6. The molecule has 1 aliphatic carbocycles. The van der Waals surface area contributed by atoms with Crippen LogP contribution in [0.25, 0.3) is 0 Å². The molecular formula is C22H30N6O3. The number of nitriles is 1. The van der Waals surface area contributed by atoms with Gasteiger partial charge < -0.3 is 9.64 Å². The standard InChI is InChI=1S/C22H30N6O3/c1-21(2,3)31-20(30)27-13-9-22(8-11-23,10-14-27)28-16-7-12-24-19(29)17(16)18(26-28)25-15-5-4-6-15/h7,12,15,17H,4-6,8-10,13-14H2,1-3H3,(H,25,26). The molecule has 2 amide bonds. The number of likely N-dealkylation sites (tertiary alicyclic amines) is 1. The number of allylic oxidation sites excluding steroid dienone is 1. The number of amides is 2. The number of piperidine rings is 1. The van der Waals surface area contributed by atoms with Crippen LogP contribution >= 0.6 is 0 Å². The maximum atomic E-state index is 12.6. The quantitative estimate of drug-likeness (QED) is 0.743. The summed E-state index contributed by atoms with van der Waals surface area (Å²) in [5, 5.41) is 11.6. The molecule has 3 fully saturated rings. The van der Waals surface area contributed by atoms with Crippen molar-refractivity contribution in [2.75, 3.05) is 13.1 Å². The molecule has 9 nitrogen and oxygen atoms in total. The van der Waals surface area contributed by atoms with E-state index in [2.05, 4.69) is 16.5 Å². The lowest BCUT2D eigenvalue weighted by atomic mass is 9.83. The molecule has 1 saturated carbocycles. The maximum absolute atomic E-state index is 12.6. The maximum Gasteiger partial charge on any atom is 0.410 e. The number of hydrogen-bond acceptors (Lipinski definition) is 6. The van der Waals surface area contributed by atoms with Crippen LogP contribution < -0.4 is 5.43 Å². The summed E-state index contributed by atoms with van der Waals surface area (Å²) < 4.78 is 5.51. The third-order valence-electron chi connectivity index (χ3n) is 6.37. The minimum atomic E-state index is -0.554. The zero-order valence-electron chi connectivity index (χ0n) is 18.4. The van der Waals surface area contributed by atoms with Crippen molar-refractivity contribution in [1.82, 2.24) is 15.3 Å². The average Bonchev–Trinajstić information content (AvgIpc) is 3.05. The highest BCUT2D eigenvalue weighted by Gasteiger charge is 2.51. The van der Waals surface area contributed by atoms with Gasteiger partial charge in [-0.2, -0.15) is 5.26 Å². The summed E-state index contributed by atoms with van der Waals surface area (Å²) in [6.07, 6.45) is 7.67. The van der Waals surface area contributed by atoms with E-state index in [-0.39, 0.29) is 24.5 Å². The molecule has 4 rings (SSSR count). The molecule has 0 aromatic rings. The third kappa shape index (κ3) is 4.16. The van der Waals surface area contributed by atoms with E-state index >= 15 is 0 Å². The number of carbonyl (C=O) groups is 2. The Balaban J connectivity index is 1.57. The second kappa shape index (κ2) is 7.98. The van der Waals surface area contributed by atoms with Crippen molar-refractivity contribution in [2.45, 2.75) is 76.5 Å². The number of nitrogens with zero attached hydrogens (tertiary/aromatic N) is 5. The van der Waals surface area contributed by atoms with E-state index in [1.807, 2.05) is 31.9 Å². The van der Waals surface area contributed by atoms with E-state index in [0.717, 1.165) is 25.0 Å². The second-order valence-corrected chi connectivity index (χ2v) is 9.71. The summed E-state index contributed by atoms with van der Waals surface area (Å²) >= 11 is 0. The fourth-order valence-electron chi connectivity index (χ4n) is 4.46. The zero-order valence-corrected chi connectivity index (χ0v) is 18.4. The third-order valence-corrected chi connectivity index (χ3v) is 6.37. The summed E-state index contributed by atoms with van der Waals surface area (Å²) in [5.74, 6) is -0.140. The molecule has 3 aliphatic heterocycles. The summed E-state index contributed by atoms with van der Waals surface area (Å²) in [6, 6.07) is 2.56. The van der Waals surface area contributed by atoms with Gasteiger partial charge in [0.1, 0.15) is 17.4 Å². The molecule has 0 aromatic carbocycles. The van der Waals surface area contributed by atoms with Gasteiger partial charge in [-0.1, -0.05) is 0 Å². The monoisotopic (exact) mass is 426 g/mol. The van der Waals surface area contributed by atoms with Gasteiger partial charge in [-0.15, -0.1) is 0 Å². The van der Waals surface area contributed by atoms with Gasteiger partial charge in [0.2, 0.25) is 0 Å². The van der Waals surface area contributed by atoms with Crippen LogP contribution in [-0.2, 0) is 9.53 Å². The van der Waals surface area contributed by atoms with E-state index in [0.29, 0.717) is 31.8 Å². The zero-order chi connectivity index (χ0) is 22.2. The predicted molar refractivity (Wildman–Crippen MR) is 115 cm³/mol. The molecule has 166 valence electrons. The molecule has 1 N–H and O–H groups in total. The molecule has 0 bridgehead atoms. The number of fused-ring (bicyclic) bond motifs is 1. The van der Waals surface area contributed by atoms with Crippen molar-refractivity contribution in [3.05, 3.63) is 11.8 Å². The molecule has 9 heteroatoms. The van der Waals surface area contributed by atoms with Crippen LogP contribution in [0.5, 0.6) is 0 Å². The van der Waals surface area contributed by atoms with Gasteiger partial charge in [0.25, 0.3) is 5.91 Å². The minimum Gasteiger partial charge on any atom is -0.444 e. The molecule has 3 heterocycles. The first-order chi connectivity index (χ1) is 14.7. The summed E-state index contributed by atoms with van der Waals surface area (Å²) in [7, 11) is 0.